The minimum absolute atomic E-state index is 0.441. The molecule has 0 radical (unpaired) electrons. The Bertz CT molecular complexity index is 1500. The van der Waals surface area contributed by atoms with Gasteiger partial charge >= 0.3 is 47.8 Å². The van der Waals surface area contributed by atoms with Crippen LogP contribution in [0.2, 0.25) is 0 Å². The average Bonchev–Trinajstić information content (AvgIpc) is 3.09. The molecule has 3 aliphatic heterocycles. The van der Waals surface area contributed by atoms with Gasteiger partial charge in [0.1, 0.15) is 43.7 Å². The van der Waals surface area contributed by atoms with E-state index in [1.165, 1.54) is 6.92 Å². The van der Waals surface area contributed by atoms with E-state index in [-0.39, 0.29) is 0 Å². The first-order valence-corrected chi connectivity index (χ1v) is 18.3. The highest BCUT2D eigenvalue weighted by atomic mass is 16.8. The van der Waals surface area contributed by atoms with Crippen molar-refractivity contribution in [3.63, 3.8) is 0 Å². The highest BCUT2D eigenvalue weighted by Gasteiger charge is 2.56. The summed E-state index contributed by atoms with van der Waals surface area (Å²) in [6, 6.07) is 0. The van der Waals surface area contributed by atoms with Crippen molar-refractivity contribution in [3.8, 4) is 0 Å². The number of esters is 8. The van der Waals surface area contributed by atoms with Gasteiger partial charge < -0.3 is 66.7 Å². The van der Waals surface area contributed by atoms with Gasteiger partial charge in [-0.15, -0.1) is 0 Å². The third-order valence-corrected chi connectivity index (χ3v) is 8.93. The van der Waals surface area contributed by atoms with E-state index < -0.39 is 159 Å². The molecular weight excluding hydrogens is 784 g/mol. The predicted octanol–water partition coefficient (Wildman–Crippen LogP) is -0.456. The number of rotatable bonds is 15. The molecule has 0 aromatic rings. The number of hydrogen-bond acceptors (Lipinski definition) is 22. The highest BCUT2D eigenvalue weighted by Crippen LogP contribution is 2.37. The lowest BCUT2D eigenvalue weighted by Crippen LogP contribution is -2.65. The maximum absolute atomic E-state index is 12.5. The van der Waals surface area contributed by atoms with Gasteiger partial charge in [0.05, 0.1) is 6.61 Å². The first-order chi connectivity index (χ1) is 27.1. The Hall–Kier alpha value is -4.48. The van der Waals surface area contributed by atoms with Crippen LogP contribution in [0.1, 0.15) is 69.2 Å². The topological polar surface area (TPSA) is 277 Å². The zero-order valence-electron chi connectivity index (χ0n) is 33.8. The van der Waals surface area contributed by atoms with Crippen molar-refractivity contribution >= 4 is 47.8 Å². The van der Waals surface area contributed by atoms with Crippen molar-refractivity contribution in [2.45, 2.75) is 149 Å². The molecule has 0 bridgehead atoms. The fraction of sp³-hybridized carbons (Fsp3) is 0.778. The molecule has 3 fully saturated rings. The van der Waals surface area contributed by atoms with E-state index in [1.54, 1.807) is 6.92 Å². The van der Waals surface area contributed by atoms with Gasteiger partial charge in [0, 0.05) is 67.2 Å². The lowest BCUT2D eigenvalue weighted by Gasteiger charge is -2.48. The molecule has 0 spiro atoms. The first-order valence-electron chi connectivity index (χ1n) is 18.3. The number of carbonyl (C=O) groups is 8. The average molecular weight is 837 g/mol. The second-order valence-corrected chi connectivity index (χ2v) is 13.9. The Morgan fingerprint density at radius 2 is 0.741 bits per heavy atom. The van der Waals surface area contributed by atoms with Crippen molar-refractivity contribution in [1.82, 2.24) is 0 Å². The van der Waals surface area contributed by atoms with Crippen molar-refractivity contribution in [1.29, 1.82) is 0 Å². The lowest BCUT2D eigenvalue weighted by atomic mass is 9.91. The summed E-state index contributed by atoms with van der Waals surface area (Å²) in [5.41, 5.74) is 0. The van der Waals surface area contributed by atoms with E-state index in [4.69, 9.17) is 61.6 Å². The minimum Gasteiger partial charge on any atom is -0.463 e. The quantitative estimate of drug-likeness (QED) is 0.161. The number of aliphatic hydroxyl groups excluding tert-OH is 1. The van der Waals surface area contributed by atoms with Gasteiger partial charge in [-0.3, -0.25) is 38.4 Å². The van der Waals surface area contributed by atoms with Crippen LogP contribution in [-0.4, -0.2) is 153 Å². The third kappa shape index (κ3) is 13.5. The van der Waals surface area contributed by atoms with E-state index in [9.17, 15) is 43.5 Å². The van der Waals surface area contributed by atoms with Crippen molar-refractivity contribution in [3.05, 3.63) is 0 Å². The van der Waals surface area contributed by atoms with Crippen LogP contribution in [0, 0.1) is 11.8 Å². The van der Waals surface area contributed by atoms with Gasteiger partial charge in [0.15, 0.2) is 49.4 Å². The Balaban J connectivity index is 1.96. The van der Waals surface area contributed by atoms with E-state index in [0.717, 1.165) is 55.4 Å². The van der Waals surface area contributed by atoms with E-state index >= 15 is 0 Å². The molecular formula is C36H52O22. The van der Waals surface area contributed by atoms with Crippen molar-refractivity contribution < 1.29 is 105 Å². The maximum Gasteiger partial charge on any atom is 0.303 e. The van der Waals surface area contributed by atoms with E-state index in [1.807, 2.05) is 0 Å². The Kier molecular flexibility index (Phi) is 17.8. The van der Waals surface area contributed by atoms with Gasteiger partial charge in [0.25, 0.3) is 0 Å². The molecule has 15 atom stereocenters. The summed E-state index contributed by atoms with van der Waals surface area (Å²) in [4.78, 5) is 96.8. The standard InChI is InChI=1S/C36H52O22/c1-14-27(49-18(5)39)29(51-20(7)41)25(11-46-16(3)37)56-35(14)48-13-24-31(53-22(9)43)32(54-23(10)44)33(34(45)55-24)58-36-15(2)28(50-19(6)40)30(52-21(8)42)26(57-36)12-47-17(4)38/h14-15,24-36,45H,11-13H2,1-10H3. The van der Waals surface area contributed by atoms with Crippen LogP contribution in [0.4, 0.5) is 0 Å². The molecule has 1 N–H and O–H groups in total. The monoisotopic (exact) mass is 836 g/mol. The summed E-state index contributed by atoms with van der Waals surface area (Å²) < 4.78 is 73.3. The summed E-state index contributed by atoms with van der Waals surface area (Å²) in [5.74, 6) is -8.05. The number of aliphatic hydroxyl groups is 1. The van der Waals surface area contributed by atoms with Crippen LogP contribution in [0.25, 0.3) is 0 Å². The molecule has 15 unspecified atom stereocenters. The van der Waals surface area contributed by atoms with Crippen LogP contribution >= 0.6 is 0 Å². The van der Waals surface area contributed by atoms with Gasteiger partial charge in [-0.1, -0.05) is 13.8 Å². The molecule has 3 aliphatic rings. The van der Waals surface area contributed by atoms with Crippen molar-refractivity contribution in [2.24, 2.45) is 11.8 Å². The zero-order valence-corrected chi connectivity index (χ0v) is 33.8. The van der Waals surface area contributed by atoms with Gasteiger partial charge in [-0.05, 0) is 0 Å². The molecule has 0 aromatic carbocycles. The smallest absolute Gasteiger partial charge is 0.303 e. The Labute approximate surface area is 333 Å². The summed E-state index contributed by atoms with van der Waals surface area (Å²) in [6.07, 6.45) is -18.5. The molecule has 0 saturated carbocycles. The summed E-state index contributed by atoms with van der Waals surface area (Å²) >= 11 is 0. The second kappa shape index (κ2) is 21.5. The molecule has 0 aromatic heterocycles. The van der Waals surface area contributed by atoms with Crippen LogP contribution in [0.3, 0.4) is 0 Å². The number of ether oxygens (including phenoxy) is 13. The van der Waals surface area contributed by atoms with Crippen molar-refractivity contribution in [2.75, 3.05) is 19.8 Å². The second-order valence-electron chi connectivity index (χ2n) is 13.9. The van der Waals surface area contributed by atoms with Gasteiger partial charge in [0.2, 0.25) is 0 Å². The third-order valence-electron chi connectivity index (χ3n) is 8.93. The van der Waals surface area contributed by atoms with Crippen LogP contribution in [0.15, 0.2) is 0 Å². The Morgan fingerprint density at radius 3 is 1.14 bits per heavy atom. The number of carbonyl (C=O) groups excluding carboxylic acids is 8. The molecule has 3 saturated heterocycles. The molecule has 3 rings (SSSR count). The summed E-state index contributed by atoms with van der Waals surface area (Å²) in [7, 11) is 0. The Morgan fingerprint density at radius 1 is 0.414 bits per heavy atom. The largest absolute Gasteiger partial charge is 0.463 e. The maximum atomic E-state index is 12.5. The highest BCUT2D eigenvalue weighted by molar-refractivity contribution is 5.69. The molecule has 22 nitrogen and oxygen atoms in total. The first kappa shape index (κ1) is 47.9. The molecule has 0 amide bonds. The lowest BCUT2D eigenvalue weighted by molar-refractivity contribution is -0.360. The predicted molar refractivity (Wildman–Crippen MR) is 184 cm³/mol. The van der Waals surface area contributed by atoms with Crippen LogP contribution in [0.5, 0.6) is 0 Å². The van der Waals surface area contributed by atoms with Gasteiger partial charge in [-0.2, -0.15) is 0 Å². The fourth-order valence-corrected chi connectivity index (χ4v) is 6.67. The van der Waals surface area contributed by atoms with Gasteiger partial charge in [-0.25, -0.2) is 0 Å². The zero-order chi connectivity index (χ0) is 43.6. The van der Waals surface area contributed by atoms with Crippen LogP contribution < -0.4 is 0 Å². The minimum atomic E-state index is -1.98. The van der Waals surface area contributed by atoms with E-state index in [0.29, 0.717) is 0 Å². The normalized spacial score (nSPS) is 34.6. The molecule has 0 aliphatic carbocycles. The van der Waals surface area contributed by atoms with E-state index in [2.05, 4.69) is 0 Å². The summed E-state index contributed by atoms with van der Waals surface area (Å²) in [6.45, 7) is 10.4. The summed E-state index contributed by atoms with van der Waals surface area (Å²) in [5, 5.41) is 11.4. The fourth-order valence-electron chi connectivity index (χ4n) is 6.67. The molecule has 3 heterocycles. The SMILES string of the molecule is CC(=O)OCC1OC(OCC2OC(O)C(OC3OC(COC(C)=O)C(OC(C)=O)C(OC(C)=O)C3C)C(OC(C)=O)C2OC(C)=O)C(C)C(OC(C)=O)C1OC(C)=O. The molecule has 58 heavy (non-hydrogen) atoms. The number of hydrogen-bond donors (Lipinski definition) is 1. The molecule has 328 valence electrons. The molecule has 22 heteroatoms. The van der Waals surface area contributed by atoms with Crippen LogP contribution in [-0.2, 0) is 99.9 Å².